The monoisotopic (exact) mass is 463 g/mol. The molecule has 0 saturated heterocycles. The Morgan fingerprint density at radius 3 is 2.82 bits per heavy atom. The van der Waals surface area contributed by atoms with Crippen LogP contribution in [0.4, 0.5) is 4.39 Å². The summed E-state index contributed by atoms with van der Waals surface area (Å²) in [6.45, 7) is 1.99. The van der Waals surface area contributed by atoms with Crippen LogP contribution in [0.5, 0.6) is 5.88 Å². The van der Waals surface area contributed by atoms with E-state index in [1.54, 1.807) is 37.3 Å². The van der Waals surface area contributed by atoms with Crippen molar-refractivity contribution < 1.29 is 13.9 Å². The largest absolute Gasteiger partial charge is 0.475 e. The van der Waals surface area contributed by atoms with E-state index in [2.05, 4.69) is 25.7 Å². The number of hydrogen-bond donors (Lipinski definition) is 1. The highest BCUT2D eigenvalue weighted by atomic mass is 19.1. The molecule has 10 nitrogen and oxygen atoms in total. The van der Waals surface area contributed by atoms with Gasteiger partial charge < -0.3 is 10.1 Å². The van der Waals surface area contributed by atoms with Crippen LogP contribution in [-0.4, -0.2) is 48.7 Å². The minimum atomic E-state index is -0.744. The zero-order valence-electron chi connectivity index (χ0n) is 18.4. The first-order chi connectivity index (χ1) is 16.5. The topological polar surface area (TPSA) is 116 Å². The van der Waals surface area contributed by atoms with Crippen molar-refractivity contribution >= 4 is 11.6 Å². The lowest BCUT2D eigenvalue weighted by Crippen LogP contribution is -2.38. The first-order valence-corrected chi connectivity index (χ1v) is 11.0. The second-order valence-electron chi connectivity index (χ2n) is 8.11. The van der Waals surface area contributed by atoms with Gasteiger partial charge in [0.15, 0.2) is 11.5 Å². The van der Waals surface area contributed by atoms with E-state index in [1.807, 2.05) is 0 Å². The number of ether oxygens (including phenoxy) is 1. The Hall–Kier alpha value is -4.15. The molecule has 1 aliphatic carbocycles. The Kier molecular flexibility index (Phi) is 5.74. The number of halogens is 1. The Morgan fingerprint density at radius 2 is 2.03 bits per heavy atom. The van der Waals surface area contributed by atoms with Crippen LogP contribution in [0.25, 0.3) is 17.0 Å². The zero-order valence-corrected chi connectivity index (χ0v) is 18.4. The van der Waals surface area contributed by atoms with Crippen LogP contribution in [0.2, 0.25) is 0 Å². The van der Waals surface area contributed by atoms with Crippen LogP contribution in [0.15, 0.2) is 53.3 Å². The number of rotatable bonds is 8. The molecule has 5 rings (SSSR count). The number of nitrogens with one attached hydrogen (secondary N) is 1. The summed E-state index contributed by atoms with van der Waals surface area (Å²) in [5.41, 5.74) is 1.55. The highest BCUT2D eigenvalue weighted by Crippen LogP contribution is 2.38. The normalized spacial score (nSPS) is 14.2. The fourth-order valence-corrected chi connectivity index (χ4v) is 3.56. The second-order valence-corrected chi connectivity index (χ2v) is 8.11. The number of carbonyl (C=O) groups is 1. The van der Waals surface area contributed by atoms with Gasteiger partial charge >= 0.3 is 0 Å². The maximum atomic E-state index is 13.6. The van der Waals surface area contributed by atoms with E-state index < -0.39 is 6.04 Å². The van der Waals surface area contributed by atoms with Crippen molar-refractivity contribution in [3.05, 3.63) is 70.4 Å². The van der Waals surface area contributed by atoms with Crippen molar-refractivity contribution in [3.8, 4) is 17.3 Å². The highest BCUT2D eigenvalue weighted by molar-refractivity contribution is 5.79. The maximum absolute atomic E-state index is 13.6. The van der Waals surface area contributed by atoms with Crippen molar-refractivity contribution in [1.29, 1.82) is 0 Å². The van der Waals surface area contributed by atoms with Crippen LogP contribution in [-0.2, 0) is 4.79 Å². The molecule has 0 spiro atoms. The first-order valence-electron chi connectivity index (χ1n) is 11.0. The van der Waals surface area contributed by atoms with Crippen LogP contribution >= 0.6 is 0 Å². The van der Waals surface area contributed by atoms with Crippen molar-refractivity contribution in [2.45, 2.75) is 31.7 Å². The van der Waals surface area contributed by atoms with Gasteiger partial charge in [-0.05, 0) is 44.0 Å². The van der Waals surface area contributed by atoms with E-state index in [4.69, 9.17) is 4.74 Å². The molecule has 34 heavy (non-hydrogen) atoms. The molecule has 174 valence electrons. The molecule has 11 heteroatoms. The molecule has 4 aromatic rings. The lowest BCUT2D eigenvalue weighted by Gasteiger charge is -2.15. The molecular weight excluding hydrogens is 441 g/mol. The van der Waals surface area contributed by atoms with Crippen LogP contribution < -0.4 is 15.6 Å². The summed E-state index contributed by atoms with van der Waals surface area (Å²) in [6, 6.07) is 11.8. The molecule has 1 atom stereocenters. The average molecular weight is 463 g/mol. The van der Waals surface area contributed by atoms with Gasteiger partial charge in [-0.1, -0.05) is 12.1 Å². The second kappa shape index (κ2) is 9.00. The number of nitrogens with zero attached hydrogens (tertiary/aromatic N) is 6. The van der Waals surface area contributed by atoms with Crippen LogP contribution in [0.3, 0.4) is 0 Å². The van der Waals surface area contributed by atoms with Gasteiger partial charge in [-0.3, -0.25) is 9.59 Å². The van der Waals surface area contributed by atoms with Gasteiger partial charge in [-0.2, -0.15) is 9.61 Å². The van der Waals surface area contributed by atoms with Crippen molar-refractivity contribution in [1.82, 2.24) is 34.9 Å². The summed E-state index contributed by atoms with van der Waals surface area (Å²) >= 11 is 0. The van der Waals surface area contributed by atoms with Gasteiger partial charge in [0.25, 0.3) is 5.56 Å². The van der Waals surface area contributed by atoms with Gasteiger partial charge in [0, 0.05) is 23.6 Å². The number of amides is 1. The summed E-state index contributed by atoms with van der Waals surface area (Å²) in [4.78, 5) is 24.7. The van der Waals surface area contributed by atoms with Crippen molar-refractivity contribution in [3.63, 3.8) is 0 Å². The minimum absolute atomic E-state index is 0.152. The number of benzene rings is 1. The smallest absolute Gasteiger partial charge is 0.267 e. The van der Waals surface area contributed by atoms with E-state index in [-0.39, 0.29) is 30.4 Å². The molecule has 1 saturated carbocycles. The summed E-state index contributed by atoms with van der Waals surface area (Å²) in [6.07, 6.45) is 2.11. The predicted molar refractivity (Wildman–Crippen MR) is 120 cm³/mol. The Balaban J connectivity index is 1.20. The molecule has 1 unspecified atom stereocenters. The third-order valence-corrected chi connectivity index (χ3v) is 5.56. The summed E-state index contributed by atoms with van der Waals surface area (Å²) < 4.78 is 21.9. The third kappa shape index (κ3) is 4.49. The molecule has 0 radical (unpaired) electrons. The molecular formula is C23H22FN7O3. The van der Waals surface area contributed by atoms with Gasteiger partial charge in [0.2, 0.25) is 11.8 Å². The van der Waals surface area contributed by atoms with Gasteiger partial charge in [-0.25, -0.2) is 9.07 Å². The highest BCUT2D eigenvalue weighted by Gasteiger charge is 2.27. The predicted octanol–water partition coefficient (Wildman–Crippen LogP) is 2.12. The van der Waals surface area contributed by atoms with Crippen LogP contribution in [0.1, 0.15) is 37.4 Å². The standard InChI is InChI=1S/C23H22FN7O3/c1-14(30-21(32)10-7-18(28-30)15-5-6-15)23(33)25-11-12-34-20-9-8-19-26-27-22(31(19)29-20)16-3-2-4-17(24)13-16/h2-4,7-10,13-15H,5-6,11-12H2,1H3,(H,25,33). The zero-order chi connectivity index (χ0) is 23.7. The quantitative estimate of drug-likeness (QED) is 0.398. The van der Waals surface area contributed by atoms with E-state index in [9.17, 15) is 14.0 Å². The van der Waals surface area contributed by atoms with Gasteiger partial charge in [-0.15, -0.1) is 15.3 Å². The molecule has 3 heterocycles. The van der Waals surface area contributed by atoms with Gasteiger partial charge in [0.1, 0.15) is 18.5 Å². The SMILES string of the molecule is CC(C(=O)NCCOc1ccc2nnc(-c3cccc(F)c3)n2n1)n1nc(C2CC2)ccc1=O. The number of hydrogen-bond acceptors (Lipinski definition) is 7. The Morgan fingerprint density at radius 1 is 1.18 bits per heavy atom. The van der Waals surface area contributed by atoms with Gasteiger partial charge in [0.05, 0.1) is 12.2 Å². The minimum Gasteiger partial charge on any atom is -0.475 e. The molecule has 0 aliphatic heterocycles. The van der Waals surface area contributed by atoms with Crippen molar-refractivity contribution in [2.24, 2.45) is 0 Å². The summed E-state index contributed by atoms with van der Waals surface area (Å²) in [5.74, 6) is 0.341. The molecule has 1 fully saturated rings. The van der Waals surface area contributed by atoms with Crippen LogP contribution in [0, 0.1) is 5.82 Å². The van der Waals surface area contributed by atoms with Crippen molar-refractivity contribution in [2.75, 3.05) is 13.2 Å². The fraction of sp³-hybridized carbons (Fsp3) is 0.304. The van der Waals surface area contributed by atoms with E-state index in [0.717, 1.165) is 18.5 Å². The van der Waals surface area contributed by atoms with E-state index in [0.29, 0.717) is 28.8 Å². The molecule has 1 amide bonds. The Bertz CT molecular complexity index is 1410. The number of aromatic nitrogens is 6. The molecule has 1 aliphatic rings. The molecule has 1 aromatic carbocycles. The number of fused-ring (bicyclic) bond motifs is 1. The van der Waals surface area contributed by atoms with E-state index in [1.165, 1.54) is 27.4 Å². The maximum Gasteiger partial charge on any atom is 0.267 e. The lowest BCUT2D eigenvalue weighted by atomic mass is 10.2. The first kappa shape index (κ1) is 21.7. The Labute approximate surface area is 193 Å². The average Bonchev–Trinajstić information content (AvgIpc) is 3.60. The molecule has 0 bridgehead atoms. The molecule has 3 aromatic heterocycles. The number of carbonyl (C=O) groups excluding carboxylic acids is 1. The summed E-state index contributed by atoms with van der Waals surface area (Å²) in [5, 5.41) is 19.6. The molecule has 1 N–H and O–H groups in total. The summed E-state index contributed by atoms with van der Waals surface area (Å²) in [7, 11) is 0. The fourth-order valence-electron chi connectivity index (χ4n) is 3.56. The third-order valence-electron chi connectivity index (χ3n) is 5.56. The lowest BCUT2D eigenvalue weighted by molar-refractivity contribution is -0.124. The van der Waals surface area contributed by atoms with E-state index >= 15 is 0 Å².